The molecule has 0 aromatic heterocycles. The second-order valence-electron chi connectivity index (χ2n) is 7.58. The van der Waals surface area contributed by atoms with Crippen molar-refractivity contribution < 1.29 is 4.39 Å². The van der Waals surface area contributed by atoms with Crippen LogP contribution >= 0.6 is 11.6 Å². The lowest BCUT2D eigenvalue weighted by Crippen LogP contribution is -2.32. The normalized spacial score (nSPS) is 23.2. The molecule has 4 heteroatoms. The number of rotatable bonds is 6. The van der Waals surface area contributed by atoms with E-state index in [-0.39, 0.29) is 17.8 Å². The van der Waals surface area contributed by atoms with Gasteiger partial charge in [-0.25, -0.2) is 4.39 Å². The zero-order chi connectivity index (χ0) is 18.7. The fourth-order valence-corrected chi connectivity index (χ4v) is 4.44. The van der Waals surface area contributed by atoms with Gasteiger partial charge in [0, 0.05) is 5.02 Å². The molecular weight excluding hydrogens is 347 g/mol. The molecule has 4 atom stereocenters. The van der Waals surface area contributed by atoms with Gasteiger partial charge >= 0.3 is 0 Å². The van der Waals surface area contributed by atoms with Crippen molar-refractivity contribution in [2.24, 2.45) is 11.8 Å². The third-order valence-corrected chi connectivity index (χ3v) is 5.87. The topological polar surface area (TPSA) is 24.1 Å². The second-order valence-corrected chi connectivity index (χ2v) is 8.01. The molecule has 0 saturated carbocycles. The highest BCUT2D eigenvalue weighted by Gasteiger charge is 2.36. The molecule has 3 rings (SSSR count). The summed E-state index contributed by atoms with van der Waals surface area (Å²) in [5, 5.41) is 7.22. The zero-order valence-electron chi connectivity index (χ0n) is 15.7. The van der Waals surface area contributed by atoms with Crippen LogP contribution in [0.15, 0.2) is 42.5 Å². The van der Waals surface area contributed by atoms with Crippen LogP contribution in [0, 0.1) is 17.7 Å². The Labute approximate surface area is 161 Å². The minimum absolute atomic E-state index is 0.108. The minimum atomic E-state index is -0.262. The monoisotopic (exact) mass is 374 g/mol. The zero-order valence-corrected chi connectivity index (χ0v) is 16.5. The third kappa shape index (κ3) is 4.05. The average Bonchev–Trinajstić information content (AvgIpc) is 2.62. The standard InChI is InChI=1S/C22H28ClFN2/c1-14(13-25-3)9-10-18-15(2)19-11-17(23)12-20(24)22(19)26-21(18)16-7-5-4-6-8-16/h4-8,11-12,14-15,18,21,25-26H,9-10,13H2,1-3H3/t14-,15+,18-,21+/m1/s1. The Hall–Kier alpha value is -1.58. The first-order valence-corrected chi connectivity index (χ1v) is 9.84. The summed E-state index contributed by atoms with van der Waals surface area (Å²) in [7, 11) is 2.00. The van der Waals surface area contributed by atoms with E-state index in [0.29, 0.717) is 22.5 Å². The molecule has 0 unspecified atom stereocenters. The SMILES string of the molecule is CNC[C@H](C)CC[C@@H]1[C@H](C)c2cc(Cl)cc(F)c2N[C@H]1c1ccccc1. The summed E-state index contributed by atoms with van der Waals surface area (Å²) >= 11 is 6.14. The van der Waals surface area contributed by atoms with Crippen LogP contribution < -0.4 is 10.6 Å². The summed E-state index contributed by atoms with van der Waals surface area (Å²) in [6.07, 6.45) is 2.23. The van der Waals surface area contributed by atoms with Crippen molar-refractivity contribution in [1.82, 2.24) is 5.32 Å². The molecule has 26 heavy (non-hydrogen) atoms. The van der Waals surface area contributed by atoms with Gasteiger partial charge in [-0.3, -0.25) is 0 Å². The van der Waals surface area contributed by atoms with E-state index in [1.807, 2.05) is 19.2 Å². The molecule has 0 spiro atoms. The molecule has 1 heterocycles. The van der Waals surface area contributed by atoms with Gasteiger partial charge in [0.2, 0.25) is 0 Å². The quantitative estimate of drug-likeness (QED) is 0.647. The number of fused-ring (bicyclic) bond motifs is 1. The lowest BCUT2D eigenvalue weighted by atomic mass is 9.73. The van der Waals surface area contributed by atoms with Gasteiger partial charge in [0.15, 0.2) is 0 Å². The van der Waals surface area contributed by atoms with Gasteiger partial charge < -0.3 is 10.6 Å². The van der Waals surface area contributed by atoms with Gasteiger partial charge in [0.1, 0.15) is 5.82 Å². The van der Waals surface area contributed by atoms with E-state index in [1.165, 1.54) is 11.6 Å². The molecule has 0 saturated heterocycles. The van der Waals surface area contributed by atoms with E-state index < -0.39 is 0 Å². The highest BCUT2D eigenvalue weighted by atomic mass is 35.5. The maximum Gasteiger partial charge on any atom is 0.148 e. The molecule has 2 aromatic rings. The van der Waals surface area contributed by atoms with Gasteiger partial charge in [-0.1, -0.05) is 55.8 Å². The van der Waals surface area contributed by atoms with Crippen molar-refractivity contribution in [1.29, 1.82) is 0 Å². The molecule has 0 amide bonds. The predicted octanol–water partition coefficient (Wildman–Crippen LogP) is 6.00. The van der Waals surface area contributed by atoms with Crippen LogP contribution in [0.25, 0.3) is 0 Å². The van der Waals surface area contributed by atoms with Crippen molar-refractivity contribution >= 4 is 17.3 Å². The van der Waals surface area contributed by atoms with Crippen LogP contribution in [-0.2, 0) is 0 Å². The van der Waals surface area contributed by atoms with Gasteiger partial charge in [0.05, 0.1) is 11.7 Å². The number of halogens is 2. The van der Waals surface area contributed by atoms with Crippen LogP contribution in [0.2, 0.25) is 5.02 Å². The average molecular weight is 375 g/mol. The number of benzene rings is 2. The van der Waals surface area contributed by atoms with Gasteiger partial charge in [0.25, 0.3) is 0 Å². The van der Waals surface area contributed by atoms with Crippen molar-refractivity contribution in [3.05, 3.63) is 64.4 Å². The second kappa shape index (κ2) is 8.41. The summed E-state index contributed by atoms with van der Waals surface area (Å²) in [5.41, 5.74) is 2.81. The van der Waals surface area contributed by atoms with E-state index in [2.05, 4.69) is 48.7 Å². The first-order chi connectivity index (χ1) is 12.5. The first kappa shape index (κ1) is 19.2. The summed E-state index contributed by atoms with van der Waals surface area (Å²) in [5.74, 6) is 0.983. The summed E-state index contributed by atoms with van der Waals surface area (Å²) in [4.78, 5) is 0. The van der Waals surface area contributed by atoms with Gasteiger partial charge in [-0.05, 0) is 67.4 Å². The fraction of sp³-hybridized carbons (Fsp3) is 0.455. The minimum Gasteiger partial charge on any atom is -0.375 e. The van der Waals surface area contributed by atoms with Crippen LogP contribution in [-0.4, -0.2) is 13.6 Å². The van der Waals surface area contributed by atoms with Crippen molar-refractivity contribution in [2.45, 2.75) is 38.6 Å². The smallest absolute Gasteiger partial charge is 0.148 e. The number of nitrogens with one attached hydrogen (secondary N) is 2. The molecule has 2 nitrogen and oxygen atoms in total. The lowest BCUT2D eigenvalue weighted by molar-refractivity contribution is 0.315. The summed E-state index contributed by atoms with van der Waals surface area (Å²) in [6.45, 7) is 5.50. The molecule has 0 aliphatic carbocycles. The van der Waals surface area contributed by atoms with Gasteiger partial charge in [-0.2, -0.15) is 0 Å². The molecule has 0 fully saturated rings. The highest BCUT2D eigenvalue weighted by Crippen LogP contribution is 2.48. The van der Waals surface area contributed by atoms with Crippen molar-refractivity contribution in [3.63, 3.8) is 0 Å². The van der Waals surface area contributed by atoms with E-state index in [4.69, 9.17) is 11.6 Å². The third-order valence-electron chi connectivity index (χ3n) is 5.65. The molecule has 2 N–H and O–H groups in total. The Morgan fingerprint density at radius 2 is 1.96 bits per heavy atom. The maximum atomic E-state index is 14.6. The highest BCUT2D eigenvalue weighted by molar-refractivity contribution is 6.30. The molecule has 1 aliphatic heterocycles. The Morgan fingerprint density at radius 1 is 1.23 bits per heavy atom. The first-order valence-electron chi connectivity index (χ1n) is 9.46. The van der Waals surface area contributed by atoms with Crippen LogP contribution in [0.3, 0.4) is 0 Å². The molecule has 1 aliphatic rings. The largest absolute Gasteiger partial charge is 0.375 e. The predicted molar refractivity (Wildman–Crippen MR) is 108 cm³/mol. The molecule has 0 bridgehead atoms. The van der Waals surface area contributed by atoms with E-state index >= 15 is 0 Å². The molecule has 2 aromatic carbocycles. The van der Waals surface area contributed by atoms with Crippen molar-refractivity contribution in [2.75, 3.05) is 18.9 Å². The molecule has 140 valence electrons. The lowest BCUT2D eigenvalue weighted by Gasteiger charge is -2.40. The number of hydrogen-bond donors (Lipinski definition) is 2. The molecular formula is C22H28ClFN2. The Bertz CT molecular complexity index is 734. The van der Waals surface area contributed by atoms with E-state index in [0.717, 1.165) is 24.9 Å². The maximum absolute atomic E-state index is 14.6. The Balaban J connectivity index is 1.94. The van der Waals surface area contributed by atoms with Gasteiger partial charge in [-0.15, -0.1) is 0 Å². The van der Waals surface area contributed by atoms with E-state index in [9.17, 15) is 4.39 Å². The molecule has 0 radical (unpaired) electrons. The number of anilines is 1. The van der Waals surface area contributed by atoms with E-state index in [1.54, 1.807) is 0 Å². The number of hydrogen-bond acceptors (Lipinski definition) is 2. The summed E-state index contributed by atoms with van der Waals surface area (Å²) < 4.78 is 14.6. The van der Waals surface area contributed by atoms with Crippen LogP contribution in [0.4, 0.5) is 10.1 Å². The van der Waals surface area contributed by atoms with Crippen LogP contribution in [0.1, 0.15) is 49.8 Å². The Morgan fingerprint density at radius 3 is 2.65 bits per heavy atom. The Kier molecular flexibility index (Phi) is 6.20. The summed E-state index contributed by atoms with van der Waals surface area (Å²) in [6, 6.07) is 13.8. The van der Waals surface area contributed by atoms with Crippen molar-refractivity contribution in [3.8, 4) is 0 Å². The fourth-order valence-electron chi connectivity index (χ4n) is 4.22. The van der Waals surface area contributed by atoms with Crippen LogP contribution in [0.5, 0.6) is 0 Å².